The lowest BCUT2D eigenvalue weighted by Gasteiger charge is -2.09. The second-order valence-electron chi connectivity index (χ2n) is 5.17. The van der Waals surface area contributed by atoms with E-state index in [0.29, 0.717) is 23.7 Å². The summed E-state index contributed by atoms with van der Waals surface area (Å²) in [4.78, 5) is 4.41. The largest absolute Gasteiger partial charge is 0.339 e. The normalized spacial score (nSPS) is 19.8. The number of aromatic nitrogens is 2. The van der Waals surface area contributed by atoms with Crippen LogP contribution in [0.3, 0.4) is 0 Å². The molecule has 2 heterocycles. The first kappa shape index (κ1) is 13.2. The molecular weight excluding hydrogens is 257 g/mol. The molecule has 106 valence electrons. The van der Waals surface area contributed by atoms with Crippen LogP contribution in [0.1, 0.15) is 49.0 Å². The number of hydrogen-bond donors (Lipinski definition) is 1. The average Bonchev–Trinajstić information content (AvgIpc) is 2.74. The number of benzene rings is 1. The summed E-state index contributed by atoms with van der Waals surface area (Å²) in [6.45, 7) is 0.988. The molecule has 3 rings (SSSR count). The van der Waals surface area contributed by atoms with Gasteiger partial charge in [0.1, 0.15) is 5.82 Å². The Bertz CT molecular complexity index is 562. The summed E-state index contributed by atoms with van der Waals surface area (Å²) in [6.07, 6.45) is 4.97. The minimum atomic E-state index is -0.236. The molecule has 5 heteroatoms. The van der Waals surface area contributed by atoms with Crippen molar-refractivity contribution in [3.63, 3.8) is 0 Å². The van der Waals surface area contributed by atoms with E-state index in [4.69, 9.17) is 4.52 Å². The fourth-order valence-corrected chi connectivity index (χ4v) is 2.54. The summed E-state index contributed by atoms with van der Waals surface area (Å²) in [6, 6.07) is 6.83. The Morgan fingerprint density at radius 2 is 2.15 bits per heavy atom. The lowest BCUT2D eigenvalue weighted by Crippen LogP contribution is -2.21. The monoisotopic (exact) mass is 275 g/mol. The van der Waals surface area contributed by atoms with Crippen molar-refractivity contribution in [3.8, 4) is 0 Å². The molecular formula is C15H18FN3O. The predicted octanol–water partition coefficient (Wildman–Crippen LogP) is 3.00. The molecule has 0 amide bonds. The van der Waals surface area contributed by atoms with Gasteiger partial charge in [-0.2, -0.15) is 4.98 Å². The molecule has 1 aliphatic rings. The number of nitrogens with zero attached hydrogens (tertiary/aromatic N) is 2. The lowest BCUT2D eigenvalue weighted by atomic mass is 10.1. The quantitative estimate of drug-likeness (QED) is 0.935. The van der Waals surface area contributed by atoms with Crippen LogP contribution in [-0.2, 0) is 6.42 Å². The van der Waals surface area contributed by atoms with Gasteiger partial charge in [-0.15, -0.1) is 0 Å². The molecule has 1 fully saturated rings. The first-order chi connectivity index (χ1) is 9.83. The second kappa shape index (κ2) is 6.13. The Kier molecular flexibility index (Phi) is 4.06. The molecule has 0 bridgehead atoms. The third-order valence-corrected chi connectivity index (χ3v) is 3.66. The zero-order valence-corrected chi connectivity index (χ0v) is 11.3. The van der Waals surface area contributed by atoms with Crippen molar-refractivity contribution in [2.24, 2.45) is 0 Å². The Morgan fingerprint density at radius 3 is 3.05 bits per heavy atom. The molecule has 0 radical (unpaired) electrons. The van der Waals surface area contributed by atoms with Gasteiger partial charge in [0.25, 0.3) is 0 Å². The van der Waals surface area contributed by atoms with Crippen molar-refractivity contribution in [1.82, 2.24) is 15.5 Å². The molecule has 2 aromatic rings. The molecule has 1 atom stereocenters. The van der Waals surface area contributed by atoms with Gasteiger partial charge >= 0.3 is 0 Å². The van der Waals surface area contributed by atoms with Gasteiger partial charge in [-0.3, -0.25) is 0 Å². The van der Waals surface area contributed by atoms with Crippen LogP contribution in [0.4, 0.5) is 4.39 Å². The summed E-state index contributed by atoms with van der Waals surface area (Å²) in [5, 5.41) is 7.46. The summed E-state index contributed by atoms with van der Waals surface area (Å²) >= 11 is 0. The van der Waals surface area contributed by atoms with Crippen molar-refractivity contribution < 1.29 is 8.91 Å². The summed E-state index contributed by atoms with van der Waals surface area (Å²) < 4.78 is 18.8. The van der Waals surface area contributed by atoms with Crippen LogP contribution >= 0.6 is 0 Å². The maximum Gasteiger partial charge on any atom is 0.231 e. The Balaban J connectivity index is 1.71. The highest BCUT2D eigenvalue weighted by atomic mass is 19.1. The van der Waals surface area contributed by atoms with Crippen molar-refractivity contribution in [2.75, 3.05) is 6.54 Å². The van der Waals surface area contributed by atoms with Crippen molar-refractivity contribution >= 4 is 0 Å². The van der Waals surface area contributed by atoms with Crippen LogP contribution in [-0.4, -0.2) is 16.7 Å². The first-order valence-corrected chi connectivity index (χ1v) is 7.12. The van der Waals surface area contributed by atoms with Gasteiger partial charge in [-0.1, -0.05) is 36.2 Å². The molecule has 1 unspecified atom stereocenters. The van der Waals surface area contributed by atoms with E-state index in [1.54, 1.807) is 12.1 Å². The maximum absolute atomic E-state index is 13.6. The van der Waals surface area contributed by atoms with E-state index >= 15 is 0 Å². The first-order valence-electron chi connectivity index (χ1n) is 7.12. The van der Waals surface area contributed by atoms with Gasteiger partial charge < -0.3 is 9.84 Å². The highest BCUT2D eigenvalue weighted by molar-refractivity contribution is 5.20. The van der Waals surface area contributed by atoms with Crippen LogP contribution in [0.25, 0.3) is 0 Å². The Labute approximate surface area is 117 Å². The van der Waals surface area contributed by atoms with E-state index in [0.717, 1.165) is 13.0 Å². The third-order valence-electron chi connectivity index (χ3n) is 3.66. The van der Waals surface area contributed by atoms with Crippen molar-refractivity contribution in [2.45, 2.75) is 38.1 Å². The van der Waals surface area contributed by atoms with Crippen LogP contribution in [0, 0.1) is 5.82 Å². The van der Waals surface area contributed by atoms with Gasteiger partial charge in [0.05, 0.1) is 12.5 Å². The minimum absolute atomic E-state index is 0.163. The molecule has 20 heavy (non-hydrogen) atoms. The fraction of sp³-hybridized carbons (Fsp3) is 0.467. The SMILES string of the molecule is Fc1ccccc1Cc1nc(C2CCCCCN2)no1. The summed E-state index contributed by atoms with van der Waals surface area (Å²) in [5.41, 5.74) is 0.580. The molecule has 0 saturated carbocycles. The van der Waals surface area contributed by atoms with E-state index in [-0.39, 0.29) is 11.9 Å². The van der Waals surface area contributed by atoms with E-state index in [2.05, 4.69) is 15.5 Å². The van der Waals surface area contributed by atoms with Crippen LogP contribution < -0.4 is 5.32 Å². The van der Waals surface area contributed by atoms with E-state index in [1.165, 1.54) is 25.3 Å². The van der Waals surface area contributed by atoms with Crippen LogP contribution in [0.2, 0.25) is 0 Å². The molecule has 1 aromatic heterocycles. The van der Waals surface area contributed by atoms with Crippen LogP contribution in [0.5, 0.6) is 0 Å². The lowest BCUT2D eigenvalue weighted by molar-refractivity contribution is 0.368. The Morgan fingerprint density at radius 1 is 1.25 bits per heavy atom. The Hall–Kier alpha value is -1.75. The van der Waals surface area contributed by atoms with E-state index in [9.17, 15) is 4.39 Å². The van der Waals surface area contributed by atoms with E-state index < -0.39 is 0 Å². The maximum atomic E-state index is 13.6. The fourth-order valence-electron chi connectivity index (χ4n) is 2.54. The van der Waals surface area contributed by atoms with Gasteiger partial charge in [-0.05, 0) is 31.0 Å². The summed E-state index contributed by atoms with van der Waals surface area (Å²) in [5.74, 6) is 0.925. The molecule has 1 aromatic carbocycles. The molecule has 0 aliphatic carbocycles. The van der Waals surface area contributed by atoms with E-state index in [1.807, 2.05) is 6.07 Å². The number of hydrogen-bond acceptors (Lipinski definition) is 4. The number of rotatable bonds is 3. The number of halogens is 1. The highest BCUT2D eigenvalue weighted by Crippen LogP contribution is 2.21. The standard InChI is InChI=1S/C15H18FN3O/c16-12-7-4-3-6-11(12)10-14-18-15(19-20-14)13-8-2-1-5-9-17-13/h3-4,6-7,13,17H,1-2,5,8-10H2. The third kappa shape index (κ3) is 3.04. The van der Waals surface area contributed by atoms with Crippen LogP contribution in [0.15, 0.2) is 28.8 Å². The molecule has 1 aliphatic heterocycles. The van der Waals surface area contributed by atoms with Gasteiger partial charge in [-0.25, -0.2) is 4.39 Å². The highest BCUT2D eigenvalue weighted by Gasteiger charge is 2.19. The topological polar surface area (TPSA) is 51.0 Å². The molecule has 1 saturated heterocycles. The summed E-state index contributed by atoms with van der Waals surface area (Å²) in [7, 11) is 0. The second-order valence-corrected chi connectivity index (χ2v) is 5.17. The molecule has 4 nitrogen and oxygen atoms in total. The zero-order valence-electron chi connectivity index (χ0n) is 11.3. The van der Waals surface area contributed by atoms with Crippen molar-refractivity contribution in [1.29, 1.82) is 0 Å². The van der Waals surface area contributed by atoms with Gasteiger partial charge in [0, 0.05) is 0 Å². The molecule has 0 spiro atoms. The zero-order chi connectivity index (χ0) is 13.8. The minimum Gasteiger partial charge on any atom is -0.339 e. The predicted molar refractivity (Wildman–Crippen MR) is 72.7 cm³/mol. The average molecular weight is 275 g/mol. The number of nitrogens with one attached hydrogen (secondary N) is 1. The van der Waals surface area contributed by atoms with Gasteiger partial charge in [0.2, 0.25) is 5.89 Å². The molecule has 1 N–H and O–H groups in total. The van der Waals surface area contributed by atoms with Gasteiger partial charge in [0.15, 0.2) is 5.82 Å². The van der Waals surface area contributed by atoms with Crippen molar-refractivity contribution in [3.05, 3.63) is 47.4 Å². The smallest absolute Gasteiger partial charge is 0.231 e.